The van der Waals surface area contributed by atoms with Crippen LogP contribution >= 0.6 is 24.0 Å². The standard InChI is InChI=1S/C20H23ClN2O2.ClH/c21-19-9-2-1-6-16(19)14-25-18-8-3-5-15(11-18)12-20(24)23-10-4-7-17(23)13-22;/h1-3,5-6,8-9,11,17H,4,7,10,12-14,22H2;1H. The van der Waals surface area contributed by atoms with Gasteiger partial charge in [-0.05, 0) is 36.6 Å². The van der Waals surface area contributed by atoms with Crippen molar-refractivity contribution >= 4 is 29.9 Å². The van der Waals surface area contributed by atoms with Crippen LogP contribution in [0.1, 0.15) is 24.0 Å². The Morgan fingerprint density at radius 1 is 1.23 bits per heavy atom. The molecule has 0 spiro atoms. The van der Waals surface area contributed by atoms with E-state index in [-0.39, 0.29) is 24.4 Å². The number of rotatable bonds is 6. The van der Waals surface area contributed by atoms with Gasteiger partial charge in [-0.3, -0.25) is 4.79 Å². The highest BCUT2D eigenvalue weighted by molar-refractivity contribution is 6.31. The number of amides is 1. The van der Waals surface area contributed by atoms with Crippen LogP contribution < -0.4 is 10.5 Å². The first kappa shape index (κ1) is 20.6. The van der Waals surface area contributed by atoms with E-state index < -0.39 is 0 Å². The second kappa shape index (κ2) is 9.81. The maximum Gasteiger partial charge on any atom is 0.227 e. The fourth-order valence-electron chi connectivity index (χ4n) is 3.21. The third-order valence-electron chi connectivity index (χ3n) is 4.58. The van der Waals surface area contributed by atoms with Crippen LogP contribution in [-0.2, 0) is 17.8 Å². The predicted octanol–water partition coefficient (Wildman–Crippen LogP) is 3.83. The molecule has 2 aromatic rings. The number of nitrogens with two attached hydrogens (primary N) is 1. The Labute approximate surface area is 165 Å². The van der Waals surface area contributed by atoms with Gasteiger partial charge in [0.15, 0.2) is 0 Å². The van der Waals surface area contributed by atoms with Crippen molar-refractivity contribution in [2.75, 3.05) is 13.1 Å². The Balaban J connectivity index is 0.00000243. The molecule has 4 nitrogen and oxygen atoms in total. The summed E-state index contributed by atoms with van der Waals surface area (Å²) in [5.74, 6) is 0.873. The van der Waals surface area contributed by atoms with Crippen molar-refractivity contribution in [3.8, 4) is 5.75 Å². The molecule has 2 aromatic carbocycles. The highest BCUT2D eigenvalue weighted by atomic mass is 35.5. The number of carbonyl (C=O) groups excluding carboxylic acids is 1. The number of hydrogen-bond donors (Lipinski definition) is 1. The molecule has 6 heteroatoms. The van der Waals surface area contributed by atoms with E-state index in [0.29, 0.717) is 24.6 Å². The molecule has 0 saturated carbocycles. The first-order valence-electron chi connectivity index (χ1n) is 8.62. The second-order valence-corrected chi connectivity index (χ2v) is 6.73. The van der Waals surface area contributed by atoms with E-state index in [0.717, 1.165) is 36.3 Å². The summed E-state index contributed by atoms with van der Waals surface area (Å²) < 4.78 is 5.83. The number of likely N-dealkylation sites (tertiary alicyclic amines) is 1. The van der Waals surface area contributed by atoms with Crippen molar-refractivity contribution in [2.45, 2.75) is 31.9 Å². The van der Waals surface area contributed by atoms with Crippen molar-refractivity contribution in [3.05, 3.63) is 64.7 Å². The average Bonchev–Trinajstić information content (AvgIpc) is 3.10. The van der Waals surface area contributed by atoms with Crippen molar-refractivity contribution in [3.63, 3.8) is 0 Å². The number of halogens is 2. The highest BCUT2D eigenvalue weighted by Crippen LogP contribution is 2.21. The Kier molecular flexibility index (Phi) is 7.76. The number of carbonyl (C=O) groups is 1. The Hall–Kier alpha value is -1.75. The molecule has 3 rings (SSSR count). The van der Waals surface area contributed by atoms with Gasteiger partial charge in [0.2, 0.25) is 5.91 Å². The Bertz CT molecular complexity index is 739. The van der Waals surface area contributed by atoms with Crippen LogP contribution in [0, 0.1) is 0 Å². The maximum absolute atomic E-state index is 12.5. The molecule has 1 atom stereocenters. The largest absolute Gasteiger partial charge is 0.489 e. The Morgan fingerprint density at radius 3 is 2.81 bits per heavy atom. The molecule has 1 saturated heterocycles. The van der Waals surface area contributed by atoms with Crippen LogP contribution in [0.15, 0.2) is 48.5 Å². The summed E-state index contributed by atoms with van der Waals surface area (Å²) >= 11 is 6.15. The molecule has 1 fully saturated rings. The van der Waals surface area contributed by atoms with Crippen molar-refractivity contribution in [2.24, 2.45) is 5.73 Å². The molecular weight excluding hydrogens is 371 g/mol. The summed E-state index contributed by atoms with van der Waals surface area (Å²) in [5, 5.41) is 0.690. The zero-order chi connectivity index (χ0) is 17.6. The zero-order valence-corrected chi connectivity index (χ0v) is 16.1. The lowest BCUT2D eigenvalue weighted by Crippen LogP contribution is -2.40. The minimum Gasteiger partial charge on any atom is -0.489 e. The minimum absolute atomic E-state index is 0. The van der Waals surface area contributed by atoms with Gasteiger partial charge < -0.3 is 15.4 Å². The molecule has 0 aliphatic carbocycles. The lowest BCUT2D eigenvalue weighted by atomic mass is 10.1. The number of nitrogens with zero attached hydrogens (tertiary/aromatic N) is 1. The number of benzene rings is 2. The molecule has 0 radical (unpaired) electrons. The van der Waals surface area contributed by atoms with Gasteiger partial charge in [-0.15, -0.1) is 12.4 Å². The van der Waals surface area contributed by atoms with Crippen LogP contribution in [0.3, 0.4) is 0 Å². The summed E-state index contributed by atoms with van der Waals surface area (Å²) in [5.41, 5.74) is 7.65. The van der Waals surface area contributed by atoms with E-state index in [1.54, 1.807) is 0 Å². The molecule has 0 bridgehead atoms. The highest BCUT2D eigenvalue weighted by Gasteiger charge is 2.27. The van der Waals surface area contributed by atoms with E-state index in [1.807, 2.05) is 53.4 Å². The zero-order valence-electron chi connectivity index (χ0n) is 14.6. The topological polar surface area (TPSA) is 55.6 Å². The van der Waals surface area contributed by atoms with E-state index in [2.05, 4.69) is 0 Å². The predicted molar refractivity (Wildman–Crippen MR) is 107 cm³/mol. The van der Waals surface area contributed by atoms with Crippen LogP contribution in [0.2, 0.25) is 5.02 Å². The van der Waals surface area contributed by atoms with Crippen molar-refractivity contribution in [1.29, 1.82) is 0 Å². The van der Waals surface area contributed by atoms with Gasteiger partial charge in [0.1, 0.15) is 12.4 Å². The van der Waals surface area contributed by atoms with E-state index in [4.69, 9.17) is 22.1 Å². The lowest BCUT2D eigenvalue weighted by Gasteiger charge is -2.23. The van der Waals surface area contributed by atoms with Crippen molar-refractivity contribution < 1.29 is 9.53 Å². The van der Waals surface area contributed by atoms with Crippen LogP contribution in [0.4, 0.5) is 0 Å². The van der Waals surface area contributed by atoms with Crippen LogP contribution in [-0.4, -0.2) is 29.9 Å². The van der Waals surface area contributed by atoms with E-state index in [1.165, 1.54) is 0 Å². The van der Waals surface area contributed by atoms with Gasteiger partial charge in [0.05, 0.1) is 6.42 Å². The smallest absolute Gasteiger partial charge is 0.227 e. The lowest BCUT2D eigenvalue weighted by molar-refractivity contribution is -0.131. The molecular formula is C20H24Cl2N2O2. The third-order valence-corrected chi connectivity index (χ3v) is 4.94. The molecule has 1 aliphatic heterocycles. The molecule has 2 N–H and O–H groups in total. The van der Waals surface area contributed by atoms with Crippen LogP contribution in [0.5, 0.6) is 5.75 Å². The van der Waals surface area contributed by atoms with Gasteiger partial charge in [-0.2, -0.15) is 0 Å². The quantitative estimate of drug-likeness (QED) is 0.809. The molecule has 1 aliphatic rings. The Morgan fingerprint density at radius 2 is 2.04 bits per heavy atom. The number of hydrogen-bond acceptors (Lipinski definition) is 3. The summed E-state index contributed by atoms with van der Waals surface area (Å²) in [6.45, 7) is 1.74. The molecule has 26 heavy (non-hydrogen) atoms. The van der Waals surface area contributed by atoms with E-state index >= 15 is 0 Å². The summed E-state index contributed by atoms with van der Waals surface area (Å²) in [7, 11) is 0. The second-order valence-electron chi connectivity index (χ2n) is 6.32. The van der Waals surface area contributed by atoms with Crippen molar-refractivity contribution in [1.82, 2.24) is 4.90 Å². The molecule has 1 heterocycles. The fraction of sp³-hybridized carbons (Fsp3) is 0.350. The van der Waals surface area contributed by atoms with Gasteiger partial charge in [0.25, 0.3) is 0 Å². The number of ether oxygens (including phenoxy) is 1. The molecule has 140 valence electrons. The summed E-state index contributed by atoms with van der Waals surface area (Å²) in [6, 6.07) is 15.5. The molecule has 1 unspecified atom stereocenters. The monoisotopic (exact) mass is 394 g/mol. The SMILES string of the molecule is Cl.NCC1CCCN1C(=O)Cc1cccc(OCc2ccccc2Cl)c1. The van der Waals surface area contributed by atoms with Gasteiger partial charge in [-0.1, -0.05) is 41.9 Å². The molecule has 0 aromatic heterocycles. The van der Waals surface area contributed by atoms with E-state index in [9.17, 15) is 4.79 Å². The normalized spacial score (nSPS) is 16.2. The van der Waals surface area contributed by atoms with Crippen LogP contribution in [0.25, 0.3) is 0 Å². The fourth-order valence-corrected chi connectivity index (χ4v) is 3.40. The third kappa shape index (κ3) is 5.13. The first-order chi connectivity index (χ1) is 12.2. The molecule has 1 amide bonds. The maximum atomic E-state index is 12.5. The summed E-state index contributed by atoms with van der Waals surface area (Å²) in [6.07, 6.45) is 2.41. The first-order valence-corrected chi connectivity index (χ1v) is 9.00. The average molecular weight is 395 g/mol. The minimum atomic E-state index is 0. The van der Waals surface area contributed by atoms with Gasteiger partial charge in [-0.25, -0.2) is 0 Å². The van der Waals surface area contributed by atoms with Gasteiger partial charge >= 0.3 is 0 Å². The van der Waals surface area contributed by atoms with Gasteiger partial charge in [0, 0.05) is 29.7 Å². The summed E-state index contributed by atoms with van der Waals surface area (Å²) in [4.78, 5) is 14.4.